The predicted molar refractivity (Wildman–Crippen MR) is 114 cm³/mol. The summed E-state index contributed by atoms with van der Waals surface area (Å²) in [5.74, 6) is -0.291. The molecule has 0 saturated carbocycles. The average molecular weight is 462 g/mol. The first-order chi connectivity index (χ1) is 14.5. The Bertz CT molecular complexity index is 1320. The fourth-order valence-corrected chi connectivity index (χ4v) is 5.34. The van der Waals surface area contributed by atoms with Crippen molar-refractivity contribution in [3.8, 4) is 5.75 Å². The van der Waals surface area contributed by atoms with Crippen LogP contribution in [0.4, 0.5) is 5.69 Å². The van der Waals surface area contributed by atoms with E-state index >= 15 is 0 Å². The van der Waals surface area contributed by atoms with Gasteiger partial charge in [-0.3, -0.25) is 10.1 Å². The van der Waals surface area contributed by atoms with Gasteiger partial charge in [-0.25, -0.2) is 8.42 Å². The van der Waals surface area contributed by atoms with Gasteiger partial charge in [0.1, 0.15) is 10.6 Å². The summed E-state index contributed by atoms with van der Waals surface area (Å²) in [5, 5.41) is 10.4. The van der Waals surface area contributed by atoms with E-state index in [-0.39, 0.29) is 21.1 Å². The van der Waals surface area contributed by atoms with Crippen LogP contribution in [0.5, 0.6) is 5.75 Å². The number of benzene rings is 3. The molecule has 0 fully saturated rings. The molecule has 0 amide bonds. The maximum absolute atomic E-state index is 12.9. The van der Waals surface area contributed by atoms with Crippen molar-refractivity contribution in [1.82, 2.24) is 0 Å². The molecule has 31 heavy (non-hydrogen) atoms. The zero-order valence-electron chi connectivity index (χ0n) is 16.6. The maximum Gasteiger partial charge on any atom is 0.339 e. The molecule has 162 valence electrons. The van der Waals surface area contributed by atoms with Crippen LogP contribution in [-0.4, -0.2) is 21.8 Å². The van der Waals surface area contributed by atoms with Gasteiger partial charge in [-0.1, -0.05) is 35.9 Å². The van der Waals surface area contributed by atoms with Gasteiger partial charge in [0.2, 0.25) is 0 Å². The molecule has 0 aromatic heterocycles. The molecule has 0 aliphatic heterocycles. The predicted octanol–water partition coefficient (Wildman–Crippen LogP) is 4.21. The largest absolute Gasteiger partial charge is 0.379 e. The number of aryl methyl sites for hydroxylation is 1. The minimum absolute atomic E-state index is 0.0269. The summed E-state index contributed by atoms with van der Waals surface area (Å²) in [4.78, 5) is 10.8. The minimum atomic E-state index is -4.22. The topological polar surface area (TPSA) is 121 Å². The van der Waals surface area contributed by atoms with Gasteiger partial charge in [-0.05, 0) is 50.2 Å². The Morgan fingerprint density at radius 1 is 0.871 bits per heavy atom. The van der Waals surface area contributed by atoms with E-state index in [9.17, 15) is 26.9 Å². The van der Waals surface area contributed by atoms with Crippen LogP contribution in [0.2, 0.25) is 0 Å². The van der Waals surface area contributed by atoms with Gasteiger partial charge in [-0.2, -0.15) is 8.42 Å². The first kappa shape index (κ1) is 22.4. The van der Waals surface area contributed by atoms with Gasteiger partial charge in [0.05, 0.1) is 21.1 Å². The van der Waals surface area contributed by atoms with Gasteiger partial charge in [-0.15, -0.1) is 0 Å². The quantitative estimate of drug-likeness (QED) is 0.294. The summed E-state index contributed by atoms with van der Waals surface area (Å²) in [7, 11) is -8.12. The van der Waals surface area contributed by atoms with Crippen molar-refractivity contribution in [2.75, 3.05) is 0 Å². The van der Waals surface area contributed by atoms with E-state index in [1.165, 1.54) is 43.3 Å². The molecule has 0 aliphatic rings. The van der Waals surface area contributed by atoms with Crippen molar-refractivity contribution in [3.63, 3.8) is 0 Å². The zero-order valence-corrected chi connectivity index (χ0v) is 18.3. The summed E-state index contributed by atoms with van der Waals surface area (Å²) < 4.78 is 55.7. The number of sulfone groups is 1. The van der Waals surface area contributed by atoms with Crippen molar-refractivity contribution in [2.24, 2.45) is 0 Å². The summed E-state index contributed by atoms with van der Waals surface area (Å²) in [6.07, 6.45) is 0. The van der Waals surface area contributed by atoms with E-state index in [0.29, 0.717) is 0 Å². The zero-order chi connectivity index (χ0) is 22.8. The summed E-state index contributed by atoms with van der Waals surface area (Å²) >= 11 is 0. The molecular weight excluding hydrogens is 442 g/mol. The highest BCUT2D eigenvalue weighted by Crippen LogP contribution is 2.36. The normalized spacial score (nSPS) is 12.8. The second-order valence-corrected chi connectivity index (χ2v) is 10.6. The highest BCUT2D eigenvalue weighted by molar-refractivity contribution is 7.91. The van der Waals surface area contributed by atoms with Crippen LogP contribution in [-0.2, 0) is 20.0 Å². The third-order valence-electron chi connectivity index (χ3n) is 4.69. The first-order valence-electron chi connectivity index (χ1n) is 9.11. The van der Waals surface area contributed by atoms with Crippen molar-refractivity contribution in [3.05, 3.63) is 94.0 Å². The Kier molecular flexibility index (Phi) is 6.14. The third-order valence-corrected chi connectivity index (χ3v) is 8.06. The molecule has 1 atom stereocenters. The molecule has 3 aromatic rings. The Hall–Kier alpha value is -3.24. The first-order valence-corrected chi connectivity index (χ1v) is 12.1. The molecule has 0 spiro atoms. The molecule has 0 aliphatic carbocycles. The van der Waals surface area contributed by atoms with Crippen molar-refractivity contribution in [1.29, 1.82) is 0 Å². The highest BCUT2D eigenvalue weighted by atomic mass is 32.2. The van der Waals surface area contributed by atoms with Crippen molar-refractivity contribution < 1.29 is 25.9 Å². The van der Waals surface area contributed by atoms with Crippen molar-refractivity contribution in [2.45, 2.75) is 28.9 Å². The number of nitro groups is 1. The Labute approximate surface area is 180 Å². The maximum atomic E-state index is 12.9. The molecule has 3 aromatic carbocycles. The van der Waals surface area contributed by atoms with Crippen LogP contribution in [0, 0.1) is 17.0 Å². The van der Waals surface area contributed by atoms with Gasteiger partial charge < -0.3 is 4.18 Å². The van der Waals surface area contributed by atoms with Gasteiger partial charge >= 0.3 is 10.1 Å². The number of hydrogen-bond donors (Lipinski definition) is 0. The Balaban J connectivity index is 1.98. The fourth-order valence-electron chi connectivity index (χ4n) is 2.94. The van der Waals surface area contributed by atoms with E-state index in [1.54, 1.807) is 37.3 Å². The molecule has 0 heterocycles. The molecule has 3 rings (SSSR count). The lowest BCUT2D eigenvalue weighted by Gasteiger charge is -2.15. The van der Waals surface area contributed by atoms with E-state index in [2.05, 4.69) is 0 Å². The smallest absolute Gasteiger partial charge is 0.339 e. The summed E-state index contributed by atoms with van der Waals surface area (Å²) in [5.41, 5.74) is 0.227. The molecule has 8 nitrogen and oxygen atoms in total. The highest BCUT2D eigenvalue weighted by Gasteiger charge is 2.31. The molecule has 0 N–H and O–H groups in total. The van der Waals surface area contributed by atoms with Crippen LogP contribution >= 0.6 is 0 Å². The van der Waals surface area contributed by atoms with Gasteiger partial charge in [0.15, 0.2) is 9.84 Å². The number of nitrogens with zero attached hydrogens (tertiary/aromatic N) is 1. The minimum Gasteiger partial charge on any atom is -0.379 e. The van der Waals surface area contributed by atoms with Crippen molar-refractivity contribution >= 4 is 25.6 Å². The Morgan fingerprint density at radius 2 is 1.48 bits per heavy atom. The van der Waals surface area contributed by atoms with Crippen LogP contribution in [0.1, 0.15) is 23.3 Å². The lowest BCUT2D eigenvalue weighted by molar-refractivity contribution is -0.385. The van der Waals surface area contributed by atoms with Gasteiger partial charge in [0, 0.05) is 5.56 Å². The van der Waals surface area contributed by atoms with E-state index in [1.807, 2.05) is 0 Å². The lowest BCUT2D eigenvalue weighted by Crippen LogP contribution is -2.13. The lowest BCUT2D eigenvalue weighted by atomic mass is 10.1. The SMILES string of the molecule is Cc1ccc(S(=O)(=O)Oc2ccc(C(C)S(=O)(=O)c3ccccc3)c([N+](=O)[O-])c2)cc1. The third kappa shape index (κ3) is 4.75. The number of rotatable bonds is 7. The standard InChI is InChI=1S/C21H19NO7S2/c1-15-8-11-19(12-9-15)31(27,28)29-17-10-13-20(21(14-17)22(23)24)16(2)30(25,26)18-6-4-3-5-7-18/h3-14,16H,1-2H3. The molecule has 0 bridgehead atoms. The molecule has 0 radical (unpaired) electrons. The fraction of sp³-hybridized carbons (Fsp3) is 0.143. The second kappa shape index (κ2) is 8.48. The van der Waals surface area contributed by atoms with Gasteiger partial charge in [0.25, 0.3) is 5.69 Å². The Morgan fingerprint density at radius 3 is 2.06 bits per heavy atom. The molecule has 1 unspecified atom stereocenters. The van der Waals surface area contributed by atoms with E-state index in [0.717, 1.165) is 11.6 Å². The summed E-state index contributed by atoms with van der Waals surface area (Å²) in [6.45, 7) is 3.14. The van der Waals surface area contributed by atoms with E-state index < -0.39 is 35.8 Å². The van der Waals surface area contributed by atoms with Crippen LogP contribution < -0.4 is 4.18 Å². The average Bonchev–Trinajstić information content (AvgIpc) is 2.73. The van der Waals surface area contributed by atoms with E-state index in [4.69, 9.17) is 4.18 Å². The molecular formula is C21H19NO7S2. The summed E-state index contributed by atoms with van der Waals surface area (Å²) in [6, 6.07) is 16.8. The van der Waals surface area contributed by atoms with Crippen LogP contribution in [0.25, 0.3) is 0 Å². The number of hydrogen-bond acceptors (Lipinski definition) is 7. The monoisotopic (exact) mass is 461 g/mol. The molecule has 0 saturated heterocycles. The van der Waals surface area contributed by atoms with Crippen LogP contribution in [0.15, 0.2) is 82.6 Å². The van der Waals surface area contributed by atoms with Crippen LogP contribution in [0.3, 0.4) is 0 Å². The second-order valence-electron chi connectivity index (χ2n) is 6.83. The molecule has 10 heteroatoms. The number of nitro benzene ring substituents is 1.